The lowest BCUT2D eigenvalue weighted by Gasteiger charge is -2.33. The van der Waals surface area contributed by atoms with Gasteiger partial charge < -0.3 is 13.3 Å². The molecule has 0 radical (unpaired) electrons. The van der Waals surface area contributed by atoms with Gasteiger partial charge in [0, 0.05) is 0 Å². The van der Waals surface area contributed by atoms with Crippen molar-refractivity contribution in [2.75, 3.05) is 0 Å². The fourth-order valence-electron chi connectivity index (χ4n) is 3.31. The number of halogens is 15. The van der Waals surface area contributed by atoms with Gasteiger partial charge in [0.15, 0.2) is 0 Å². The van der Waals surface area contributed by atoms with E-state index in [-0.39, 0.29) is 97.8 Å². The van der Waals surface area contributed by atoms with E-state index >= 15 is 0 Å². The van der Waals surface area contributed by atoms with Gasteiger partial charge in [0.05, 0.1) is 50.4 Å². The van der Waals surface area contributed by atoms with E-state index < -0.39 is 8.80 Å². The first-order valence-corrected chi connectivity index (χ1v) is 18.1. The molecular formula is C24H5Cl15O3Si. The van der Waals surface area contributed by atoms with Crippen molar-refractivity contribution in [3.05, 3.63) is 106 Å². The second-order valence-corrected chi connectivity index (χ2v) is 15.9. The summed E-state index contributed by atoms with van der Waals surface area (Å²) in [5, 5.41) is -3.06. The van der Waals surface area contributed by atoms with E-state index in [0.717, 1.165) is 0 Å². The van der Waals surface area contributed by atoms with Crippen LogP contribution in [0, 0.1) is 0 Å². The number of hydrogen-bond donors (Lipinski definition) is 0. The molecule has 4 aromatic rings. The molecule has 0 bridgehead atoms. The van der Waals surface area contributed by atoms with Gasteiger partial charge in [-0.15, -0.1) is 0 Å². The van der Waals surface area contributed by atoms with E-state index in [4.69, 9.17) is 187 Å². The van der Waals surface area contributed by atoms with E-state index in [0.29, 0.717) is 0 Å². The zero-order valence-electron chi connectivity index (χ0n) is 19.8. The first kappa shape index (κ1) is 36.7. The maximum atomic E-state index is 6.55. The zero-order chi connectivity index (χ0) is 32.1. The minimum Gasteiger partial charge on any atom is -0.477 e. The highest BCUT2D eigenvalue weighted by molar-refractivity contribution is 6.78. The summed E-state index contributed by atoms with van der Waals surface area (Å²) in [6.45, 7) is 0. The minimum atomic E-state index is -4.76. The molecule has 0 N–H and O–H groups in total. The Kier molecular flexibility index (Phi) is 12.4. The van der Waals surface area contributed by atoms with Crippen molar-refractivity contribution in [1.82, 2.24) is 0 Å². The van der Waals surface area contributed by atoms with Crippen molar-refractivity contribution >= 4 is 188 Å². The molecule has 0 spiro atoms. The predicted octanol–water partition coefficient (Wildman–Crippen LogP) is 14.9. The van der Waals surface area contributed by atoms with Gasteiger partial charge in [-0.1, -0.05) is 204 Å². The van der Waals surface area contributed by atoms with Gasteiger partial charge in [-0.05, 0) is 0 Å². The second kappa shape index (κ2) is 14.5. The van der Waals surface area contributed by atoms with Crippen LogP contribution >= 0.6 is 174 Å². The van der Waals surface area contributed by atoms with Crippen molar-refractivity contribution in [3.63, 3.8) is 0 Å². The quantitative estimate of drug-likeness (QED) is 0.105. The molecule has 0 saturated carbocycles. The van der Waals surface area contributed by atoms with E-state index in [1.165, 1.54) is 0 Å². The number of hydrogen-bond acceptors (Lipinski definition) is 3. The van der Waals surface area contributed by atoms with E-state index in [9.17, 15) is 0 Å². The predicted molar refractivity (Wildman–Crippen MR) is 188 cm³/mol. The van der Waals surface area contributed by atoms with Crippen molar-refractivity contribution < 1.29 is 13.3 Å². The number of rotatable bonds is 7. The Balaban J connectivity index is 2.14. The van der Waals surface area contributed by atoms with Crippen LogP contribution in [-0.2, 0) is 0 Å². The summed E-state index contributed by atoms with van der Waals surface area (Å²) in [6, 6.07) is 8.09. The average Bonchev–Trinajstić information content (AvgIpc) is 3.01. The normalized spacial score (nSPS) is 11.6. The molecule has 0 unspecified atom stereocenters. The van der Waals surface area contributed by atoms with Crippen LogP contribution in [0.3, 0.4) is 0 Å². The molecule has 0 heterocycles. The minimum absolute atomic E-state index is 0.149. The molecule has 4 aromatic carbocycles. The third-order valence-corrected chi connectivity index (χ3v) is 14.5. The lowest BCUT2D eigenvalue weighted by atomic mass is 10.3. The Hall–Kier alpha value is 0.847. The Morgan fingerprint density at radius 2 is 0.512 bits per heavy atom. The van der Waals surface area contributed by atoms with Crippen LogP contribution < -0.4 is 18.5 Å². The topological polar surface area (TPSA) is 27.7 Å². The van der Waals surface area contributed by atoms with Gasteiger partial charge in [0.25, 0.3) is 0 Å². The van der Waals surface area contributed by atoms with Gasteiger partial charge in [0.2, 0.25) is 0 Å². The first-order chi connectivity index (χ1) is 20.1. The van der Waals surface area contributed by atoms with E-state index in [2.05, 4.69) is 0 Å². The third-order valence-electron chi connectivity index (χ3n) is 5.35. The summed E-state index contributed by atoms with van der Waals surface area (Å²) in [4.78, 5) is 0. The fraction of sp³-hybridized carbons (Fsp3) is 0. The molecule has 4 rings (SSSR count). The van der Waals surface area contributed by atoms with Crippen LogP contribution in [0.15, 0.2) is 30.3 Å². The highest BCUT2D eigenvalue weighted by atomic mass is 35.5. The van der Waals surface area contributed by atoms with Gasteiger partial charge >= 0.3 is 8.80 Å². The monoisotopic (exact) mass is 894 g/mol. The van der Waals surface area contributed by atoms with Crippen LogP contribution in [0.4, 0.5) is 0 Å². The van der Waals surface area contributed by atoms with E-state index in [1.54, 1.807) is 30.3 Å². The van der Waals surface area contributed by atoms with Crippen LogP contribution in [-0.4, -0.2) is 8.80 Å². The summed E-state index contributed by atoms with van der Waals surface area (Å²) in [5.74, 6) is -0.972. The molecule has 43 heavy (non-hydrogen) atoms. The fourth-order valence-corrected chi connectivity index (χ4v) is 9.79. The van der Waals surface area contributed by atoms with Crippen molar-refractivity contribution in [3.8, 4) is 17.2 Å². The molecule has 0 saturated heterocycles. The van der Waals surface area contributed by atoms with Crippen LogP contribution in [0.1, 0.15) is 0 Å². The van der Waals surface area contributed by atoms with Crippen LogP contribution in [0.5, 0.6) is 17.2 Å². The maximum absolute atomic E-state index is 6.55. The molecule has 228 valence electrons. The van der Waals surface area contributed by atoms with Gasteiger partial charge in [-0.3, -0.25) is 0 Å². The summed E-state index contributed by atoms with van der Waals surface area (Å²) >= 11 is 95.9. The molecular weight excluding hydrogens is 896 g/mol. The molecule has 3 nitrogen and oxygen atoms in total. The molecule has 0 aliphatic carbocycles. The van der Waals surface area contributed by atoms with Crippen LogP contribution in [0.25, 0.3) is 0 Å². The molecule has 19 heteroatoms. The third kappa shape index (κ3) is 6.89. The first-order valence-electron chi connectivity index (χ1n) is 10.7. The van der Waals surface area contributed by atoms with E-state index in [1.807, 2.05) is 0 Å². The lowest BCUT2D eigenvalue weighted by molar-refractivity contribution is 0.281. The standard InChI is InChI=1S/C24H5Cl15O3Si/c25-7-10(28)16(34)22(17(35)11(7)29)40-43(6-4-2-1-3-5-6,41-23-18(36)12(30)8(26)13(31)19(23)37)42-24-20(38)14(32)9(27)15(33)21(24)39/h1-5H. The maximum Gasteiger partial charge on any atom is 0.737 e. The molecule has 0 fully saturated rings. The van der Waals surface area contributed by atoms with Crippen molar-refractivity contribution in [2.45, 2.75) is 0 Å². The Bertz CT molecular complexity index is 1510. The van der Waals surface area contributed by atoms with Crippen molar-refractivity contribution in [2.24, 2.45) is 0 Å². The highest BCUT2D eigenvalue weighted by Gasteiger charge is 2.55. The summed E-state index contributed by atoms with van der Waals surface area (Å²) in [7, 11) is -4.76. The largest absolute Gasteiger partial charge is 0.737 e. The molecule has 0 aromatic heterocycles. The van der Waals surface area contributed by atoms with Crippen molar-refractivity contribution in [1.29, 1.82) is 0 Å². The summed E-state index contributed by atoms with van der Waals surface area (Å²) in [6.07, 6.45) is 0. The van der Waals surface area contributed by atoms with Crippen LogP contribution in [0.2, 0.25) is 75.3 Å². The Morgan fingerprint density at radius 3 is 0.744 bits per heavy atom. The Morgan fingerprint density at radius 1 is 0.302 bits per heavy atom. The lowest BCUT2D eigenvalue weighted by Crippen LogP contribution is -2.64. The molecule has 0 aliphatic rings. The van der Waals surface area contributed by atoms with Gasteiger partial charge in [0.1, 0.15) is 47.4 Å². The smallest absolute Gasteiger partial charge is 0.477 e. The summed E-state index contributed by atoms with van der Waals surface area (Å²) in [5.41, 5.74) is 0. The van der Waals surface area contributed by atoms with Gasteiger partial charge in [-0.25, -0.2) is 0 Å². The zero-order valence-corrected chi connectivity index (χ0v) is 32.1. The number of benzene rings is 4. The molecule has 0 atom stereocenters. The highest BCUT2D eigenvalue weighted by Crippen LogP contribution is 2.53. The average molecular weight is 901 g/mol. The molecule has 0 aliphatic heterocycles. The second-order valence-electron chi connectivity index (χ2n) is 7.93. The van der Waals surface area contributed by atoms with Gasteiger partial charge in [-0.2, -0.15) is 0 Å². The molecule has 0 amide bonds. The SMILES string of the molecule is Clc1c(Cl)c(Cl)c(O[Si](Oc2c(Cl)c(Cl)c(Cl)c(Cl)c2Cl)(Oc2c(Cl)c(Cl)c(Cl)c(Cl)c2Cl)c2ccccc2)c(Cl)c1Cl. The Labute approximate surface area is 320 Å². The summed E-state index contributed by atoms with van der Waals surface area (Å²) < 4.78 is 19.3.